The molecular weight excluding hydrogens is 688 g/mol. The van der Waals surface area contributed by atoms with E-state index in [0.717, 1.165) is 81.4 Å². The van der Waals surface area contributed by atoms with Crippen LogP contribution in [0.4, 0.5) is 5.69 Å². The van der Waals surface area contributed by atoms with Crippen LogP contribution in [0, 0.1) is 17.8 Å². The summed E-state index contributed by atoms with van der Waals surface area (Å²) in [6.07, 6.45) is 11.4. The molecule has 1 amide bonds. The molecule has 0 bridgehead atoms. The van der Waals surface area contributed by atoms with E-state index in [1.807, 2.05) is 18.2 Å². The van der Waals surface area contributed by atoms with Crippen molar-refractivity contribution < 1.29 is 14.3 Å². The largest absolute Gasteiger partial charge is 0.491 e. The number of carbonyl (C=O) groups excluding carboxylic acids is 1. The van der Waals surface area contributed by atoms with Gasteiger partial charge in [0.15, 0.2) is 0 Å². The number of rotatable bonds is 17. The molecular formula is C43H65ClN4O3S. The molecule has 0 spiro atoms. The van der Waals surface area contributed by atoms with E-state index >= 15 is 0 Å². The number of hydrogen-bond acceptors (Lipinski definition) is 7. The number of nitrogens with zero attached hydrogens (tertiary/aromatic N) is 3. The zero-order chi connectivity index (χ0) is 37.2. The Morgan fingerprint density at radius 1 is 1.12 bits per heavy atom. The molecule has 52 heavy (non-hydrogen) atoms. The van der Waals surface area contributed by atoms with Crippen molar-refractivity contribution in [2.45, 2.75) is 103 Å². The molecule has 6 unspecified atom stereocenters. The van der Waals surface area contributed by atoms with E-state index in [0.29, 0.717) is 48.6 Å². The lowest BCUT2D eigenvalue weighted by Gasteiger charge is -2.47. The number of piperazine rings is 1. The van der Waals surface area contributed by atoms with Crippen LogP contribution in [0.2, 0.25) is 5.02 Å². The number of anilines is 1. The van der Waals surface area contributed by atoms with E-state index in [-0.39, 0.29) is 17.1 Å². The van der Waals surface area contributed by atoms with E-state index in [9.17, 15) is 4.79 Å². The van der Waals surface area contributed by atoms with Crippen molar-refractivity contribution in [2.75, 3.05) is 64.5 Å². The molecule has 1 N–H and O–H groups in total. The molecule has 3 aliphatic rings. The van der Waals surface area contributed by atoms with Crippen LogP contribution < -0.4 is 14.4 Å². The number of hydrogen-bond donors (Lipinski definition) is 1. The first-order valence-corrected chi connectivity index (χ1v) is 21.3. The van der Waals surface area contributed by atoms with Gasteiger partial charge in [0.1, 0.15) is 5.75 Å². The van der Waals surface area contributed by atoms with Crippen LogP contribution in [0.5, 0.6) is 5.75 Å². The van der Waals surface area contributed by atoms with Crippen LogP contribution in [0.3, 0.4) is 0 Å². The second kappa shape index (κ2) is 19.9. The predicted molar refractivity (Wildman–Crippen MR) is 220 cm³/mol. The molecule has 2 heterocycles. The summed E-state index contributed by atoms with van der Waals surface area (Å²) in [6.45, 7) is 21.3. The third-order valence-corrected chi connectivity index (χ3v) is 12.8. The molecule has 2 fully saturated rings. The monoisotopic (exact) mass is 752 g/mol. The molecule has 1 saturated heterocycles. The molecule has 9 heteroatoms. The average Bonchev–Trinajstić information content (AvgIpc) is 3.29. The van der Waals surface area contributed by atoms with E-state index in [1.165, 1.54) is 35.9 Å². The first kappa shape index (κ1) is 40.9. The number of halogens is 1. The third kappa shape index (κ3) is 10.7. The zero-order valence-corrected chi connectivity index (χ0v) is 34.5. The van der Waals surface area contributed by atoms with E-state index in [1.54, 1.807) is 7.11 Å². The van der Waals surface area contributed by atoms with Gasteiger partial charge >= 0.3 is 0 Å². The number of carbonyl (C=O) groups is 1. The Kier molecular flexibility index (Phi) is 15.7. The van der Waals surface area contributed by atoms with Gasteiger partial charge in [-0.05, 0) is 124 Å². The Balaban J connectivity index is 1.39. The second-order valence-corrected chi connectivity index (χ2v) is 17.5. The number of methoxy groups -OCH3 is 1. The lowest BCUT2D eigenvalue weighted by molar-refractivity contribution is 0.0361. The van der Waals surface area contributed by atoms with Crippen LogP contribution in [0.15, 0.2) is 48.6 Å². The molecule has 2 aliphatic heterocycles. The van der Waals surface area contributed by atoms with Crippen molar-refractivity contribution in [3.63, 3.8) is 0 Å². The summed E-state index contributed by atoms with van der Waals surface area (Å²) in [7, 11) is 1.71. The Morgan fingerprint density at radius 3 is 2.63 bits per heavy atom. The fraction of sp³-hybridized carbons (Fsp3) is 0.651. The Hall–Kier alpha value is -2.23. The summed E-state index contributed by atoms with van der Waals surface area (Å²) >= 11 is 7.99. The quantitative estimate of drug-likeness (QED) is 0.128. The van der Waals surface area contributed by atoms with Crippen LogP contribution in [-0.4, -0.2) is 92.6 Å². The summed E-state index contributed by atoms with van der Waals surface area (Å²) in [6, 6.07) is 13.6. The number of benzene rings is 2. The SMILES string of the molecule is CC/C=C/C(CN1CCN(C(C)C)C(C)C1)C1CCC1CN1CC(c2ccc(Cl)cc2CCC)COc2ccc(C(=O)NSC(C)CCOC)cc21. The molecule has 2 aromatic rings. The van der Waals surface area contributed by atoms with Gasteiger partial charge in [-0.1, -0.05) is 57.0 Å². The van der Waals surface area contributed by atoms with Gasteiger partial charge in [0, 0.05) is 86.8 Å². The van der Waals surface area contributed by atoms with Gasteiger partial charge < -0.3 is 14.4 Å². The fourth-order valence-electron chi connectivity index (χ4n) is 8.61. The number of amides is 1. The number of allylic oxidation sites excluding steroid dienone is 1. The van der Waals surface area contributed by atoms with Gasteiger partial charge in [0.05, 0.1) is 12.3 Å². The highest BCUT2D eigenvalue weighted by Crippen LogP contribution is 2.44. The minimum atomic E-state index is -0.0705. The highest BCUT2D eigenvalue weighted by atomic mass is 35.5. The van der Waals surface area contributed by atoms with Crippen molar-refractivity contribution in [3.8, 4) is 5.75 Å². The van der Waals surface area contributed by atoms with Crippen molar-refractivity contribution in [1.29, 1.82) is 0 Å². The molecule has 5 rings (SSSR count). The number of aryl methyl sites for hydroxylation is 1. The molecule has 2 aromatic carbocycles. The highest BCUT2D eigenvalue weighted by molar-refractivity contribution is 7.98. The normalized spacial score (nSPS) is 23.9. The smallest absolute Gasteiger partial charge is 0.261 e. The topological polar surface area (TPSA) is 57.3 Å². The molecule has 6 atom stereocenters. The van der Waals surface area contributed by atoms with E-state index in [2.05, 4.69) is 91.3 Å². The first-order valence-electron chi connectivity index (χ1n) is 20.0. The summed E-state index contributed by atoms with van der Waals surface area (Å²) in [4.78, 5) is 21.4. The van der Waals surface area contributed by atoms with Crippen LogP contribution >= 0.6 is 23.5 Å². The Morgan fingerprint density at radius 2 is 1.94 bits per heavy atom. The molecule has 1 saturated carbocycles. The van der Waals surface area contributed by atoms with Gasteiger partial charge in [0.25, 0.3) is 5.91 Å². The summed E-state index contributed by atoms with van der Waals surface area (Å²) in [5, 5.41) is 1.05. The van der Waals surface area contributed by atoms with Crippen LogP contribution in [-0.2, 0) is 11.2 Å². The standard InChI is InChI=1S/C43H65ClN4O3S/c1-8-10-12-35(26-46-20-21-48(30(3)4)31(5)25-46)40-16-13-36(40)27-47-28-37(39-17-15-38(44)23-33(39)11-9-2)29-51-42-18-14-34(24-41(42)47)43(49)45-52-32(6)19-22-50-7/h10,12,14-15,17-18,23-24,30-32,35-37,40H,8-9,11,13,16,19-22,25-29H2,1-7H3,(H,45,49)/b12-10+. The minimum absolute atomic E-state index is 0.0705. The summed E-state index contributed by atoms with van der Waals surface area (Å²) in [5.41, 5.74) is 4.34. The van der Waals surface area contributed by atoms with Gasteiger partial charge in [-0.3, -0.25) is 19.3 Å². The zero-order valence-electron chi connectivity index (χ0n) is 32.9. The number of nitrogens with one attached hydrogen (secondary N) is 1. The number of ether oxygens (including phenoxy) is 2. The van der Waals surface area contributed by atoms with Crippen LogP contribution in [0.1, 0.15) is 101 Å². The second-order valence-electron chi connectivity index (χ2n) is 15.8. The minimum Gasteiger partial charge on any atom is -0.491 e. The van der Waals surface area contributed by atoms with Crippen LogP contribution in [0.25, 0.3) is 0 Å². The molecule has 1 aliphatic carbocycles. The molecule has 0 aromatic heterocycles. The highest BCUT2D eigenvalue weighted by Gasteiger charge is 2.40. The predicted octanol–water partition coefficient (Wildman–Crippen LogP) is 9.10. The summed E-state index contributed by atoms with van der Waals surface area (Å²) < 4.78 is 15.0. The van der Waals surface area contributed by atoms with Gasteiger partial charge in [-0.25, -0.2) is 0 Å². The first-order chi connectivity index (χ1) is 25.1. The third-order valence-electron chi connectivity index (χ3n) is 11.6. The Labute approximate surface area is 324 Å². The van der Waals surface area contributed by atoms with Crippen molar-refractivity contribution in [1.82, 2.24) is 14.5 Å². The number of fused-ring (bicyclic) bond motifs is 1. The van der Waals surface area contributed by atoms with E-state index < -0.39 is 0 Å². The fourth-order valence-corrected chi connectivity index (χ4v) is 9.44. The van der Waals surface area contributed by atoms with Crippen molar-refractivity contribution >= 4 is 35.1 Å². The Bertz CT molecular complexity index is 1470. The maximum Gasteiger partial charge on any atom is 0.261 e. The summed E-state index contributed by atoms with van der Waals surface area (Å²) in [5.74, 6) is 2.73. The lowest BCUT2D eigenvalue weighted by atomic mass is 9.66. The maximum absolute atomic E-state index is 13.5. The average molecular weight is 754 g/mol. The molecule has 288 valence electrons. The van der Waals surface area contributed by atoms with Gasteiger partial charge in [0.2, 0.25) is 0 Å². The van der Waals surface area contributed by atoms with E-state index in [4.69, 9.17) is 21.1 Å². The van der Waals surface area contributed by atoms with Gasteiger partial charge in [-0.15, -0.1) is 0 Å². The maximum atomic E-state index is 13.5. The van der Waals surface area contributed by atoms with Gasteiger partial charge in [-0.2, -0.15) is 0 Å². The molecule has 0 radical (unpaired) electrons. The molecule has 7 nitrogen and oxygen atoms in total. The van der Waals surface area contributed by atoms with Crippen molar-refractivity contribution in [3.05, 3.63) is 70.3 Å². The lowest BCUT2D eigenvalue weighted by Crippen LogP contribution is -2.55. The van der Waals surface area contributed by atoms with Crippen molar-refractivity contribution in [2.24, 2.45) is 17.8 Å².